The van der Waals surface area contributed by atoms with Gasteiger partial charge in [-0.1, -0.05) is 0 Å². The molecule has 0 aliphatic rings. The van der Waals surface area contributed by atoms with E-state index in [-0.39, 0.29) is 17.4 Å². The van der Waals surface area contributed by atoms with Crippen molar-refractivity contribution in [3.8, 4) is 0 Å². The Kier molecular flexibility index (Phi) is 4.08. The zero-order chi connectivity index (χ0) is 14.9. The molecule has 2 aromatic heterocycles. The van der Waals surface area contributed by atoms with Crippen molar-refractivity contribution in [1.29, 1.82) is 0 Å². The van der Waals surface area contributed by atoms with E-state index in [1.165, 1.54) is 9.13 Å². The van der Waals surface area contributed by atoms with Crippen molar-refractivity contribution < 1.29 is 5.11 Å². The number of aliphatic hydroxyl groups excluding tert-OH is 1. The Balaban J connectivity index is 2.34. The van der Waals surface area contributed by atoms with Gasteiger partial charge in [-0.3, -0.25) is 13.9 Å². The lowest BCUT2D eigenvalue weighted by atomic mass is 10.2. The van der Waals surface area contributed by atoms with E-state index < -0.39 is 0 Å². The van der Waals surface area contributed by atoms with E-state index in [0.29, 0.717) is 36.4 Å². The molecule has 2 aromatic rings. The monoisotopic (exact) mass is 280 g/mol. The molecule has 0 aromatic carbocycles. The number of H-pyrrole nitrogens is 1. The van der Waals surface area contributed by atoms with Gasteiger partial charge in [0.15, 0.2) is 5.65 Å². The molecule has 1 atom stereocenters. The summed E-state index contributed by atoms with van der Waals surface area (Å²) < 4.78 is 2.61. The van der Waals surface area contributed by atoms with Gasteiger partial charge in [0.25, 0.3) is 5.56 Å². The minimum absolute atomic E-state index is 0.333. The molecule has 0 spiro atoms. The number of hydrogen-bond donors (Lipinski definition) is 2. The number of rotatable bonds is 5. The van der Waals surface area contributed by atoms with Crippen molar-refractivity contribution in [2.75, 3.05) is 0 Å². The minimum atomic E-state index is -0.356. The third-order valence-corrected chi connectivity index (χ3v) is 3.35. The number of aromatic nitrogens is 4. The highest BCUT2D eigenvalue weighted by molar-refractivity contribution is 5.69. The first-order valence-electron chi connectivity index (χ1n) is 6.76. The summed E-state index contributed by atoms with van der Waals surface area (Å²) in [4.78, 5) is 31.5. The van der Waals surface area contributed by atoms with Gasteiger partial charge in [-0.15, -0.1) is 0 Å². The summed E-state index contributed by atoms with van der Waals surface area (Å²) in [5.74, 6) is 0.610. The number of aromatic amines is 1. The van der Waals surface area contributed by atoms with Crippen LogP contribution in [0.3, 0.4) is 0 Å². The molecular weight excluding hydrogens is 260 g/mol. The summed E-state index contributed by atoms with van der Waals surface area (Å²) in [6.45, 7) is 3.83. The highest BCUT2D eigenvalue weighted by atomic mass is 16.3. The summed E-state index contributed by atoms with van der Waals surface area (Å²) in [6.07, 6.45) is 1.76. The smallest absolute Gasteiger partial charge is 0.332 e. The number of hydrogen-bond acceptors (Lipinski definition) is 4. The van der Waals surface area contributed by atoms with Crippen LogP contribution >= 0.6 is 0 Å². The lowest BCUT2D eigenvalue weighted by Crippen LogP contribution is -2.39. The predicted octanol–water partition coefficient (Wildman–Crippen LogP) is 0.283. The lowest BCUT2D eigenvalue weighted by molar-refractivity contribution is 0.180. The van der Waals surface area contributed by atoms with Gasteiger partial charge in [-0.05, 0) is 33.1 Å². The van der Waals surface area contributed by atoms with Gasteiger partial charge in [-0.25, -0.2) is 9.78 Å². The van der Waals surface area contributed by atoms with Crippen LogP contribution in [-0.4, -0.2) is 30.3 Å². The van der Waals surface area contributed by atoms with Crippen molar-refractivity contribution in [3.05, 3.63) is 26.7 Å². The van der Waals surface area contributed by atoms with Crippen LogP contribution in [0.2, 0.25) is 0 Å². The topological polar surface area (TPSA) is 92.9 Å². The van der Waals surface area contributed by atoms with E-state index in [2.05, 4.69) is 9.97 Å². The molecule has 20 heavy (non-hydrogen) atoms. The first-order valence-corrected chi connectivity index (χ1v) is 6.76. The van der Waals surface area contributed by atoms with Crippen LogP contribution in [0.25, 0.3) is 11.2 Å². The fourth-order valence-corrected chi connectivity index (χ4v) is 2.27. The summed E-state index contributed by atoms with van der Waals surface area (Å²) >= 11 is 0. The quantitative estimate of drug-likeness (QED) is 0.769. The van der Waals surface area contributed by atoms with Crippen molar-refractivity contribution in [1.82, 2.24) is 19.1 Å². The average Bonchev–Trinajstić information content (AvgIpc) is 2.77. The molecule has 7 heteroatoms. The number of aliphatic hydroxyl groups is 1. The molecule has 0 unspecified atom stereocenters. The van der Waals surface area contributed by atoms with Gasteiger partial charge < -0.3 is 10.1 Å². The summed E-state index contributed by atoms with van der Waals surface area (Å²) in [6, 6.07) is 0. The maximum Gasteiger partial charge on any atom is 0.332 e. The Hall–Kier alpha value is -1.89. The Bertz CT molecular complexity index is 724. The molecule has 0 aliphatic carbocycles. The summed E-state index contributed by atoms with van der Waals surface area (Å²) in [7, 11) is 1.61. The standard InChI is InChI=1S/C13H20N4O3/c1-8(18)6-4-5-7-17-12(19)10-11(15-9(2)14-10)16(3)13(17)20/h8,18H,4-7H2,1-3H3,(H,14,15)/t8-/m1/s1. The molecule has 2 heterocycles. The van der Waals surface area contributed by atoms with E-state index in [4.69, 9.17) is 0 Å². The number of nitrogens with zero attached hydrogens (tertiary/aromatic N) is 3. The van der Waals surface area contributed by atoms with Gasteiger partial charge in [0.2, 0.25) is 0 Å². The molecule has 0 aliphatic heterocycles. The fourth-order valence-electron chi connectivity index (χ4n) is 2.27. The van der Waals surface area contributed by atoms with E-state index in [0.717, 1.165) is 6.42 Å². The van der Waals surface area contributed by atoms with E-state index in [1.54, 1.807) is 20.9 Å². The largest absolute Gasteiger partial charge is 0.393 e. The molecule has 0 amide bonds. The van der Waals surface area contributed by atoms with Crippen molar-refractivity contribution in [3.63, 3.8) is 0 Å². The second-order valence-electron chi connectivity index (χ2n) is 5.16. The lowest BCUT2D eigenvalue weighted by Gasteiger charge is -2.08. The molecule has 0 saturated carbocycles. The maximum absolute atomic E-state index is 12.3. The number of unbranched alkanes of at least 4 members (excludes halogenated alkanes) is 1. The van der Waals surface area contributed by atoms with Crippen LogP contribution < -0.4 is 11.2 Å². The highest BCUT2D eigenvalue weighted by Gasteiger charge is 2.13. The Morgan fingerprint density at radius 2 is 2.05 bits per heavy atom. The second-order valence-corrected chi connectivity index (χ2v) is 5.16. The molecule has 0 radical (unpaired) electrons. The van der Waals surface area contributed by atoms with Gasteiger partial charge >= 0.3 is 5.69 Å². The molecule has 0 fully saturated rings. The van der Waals surface area contributed by atoms with Gasteiger partial charge in [0.05, 0.1) is 6.10 Å². The fraction of sp³-hybridized carbons (Fsp3) is 0.615. The van der Waals surface area contributed by atoms with E-state index in [1.807, 2.05) is 0 Å². The Morgan fingerprint density at radius 1 is 1.35 bits per heavy atom. The van der Waals surface area contributed by atoms with Crippen molar-refractivity contribution >= 4 is 11.2 Å². The zero-order valence-corrected chi connectivity index (χ0v) is 12.0. The molecule has 0 bridgehead atoms. The van der Waals surface area contributed by atoms with Gasteiger partial charge in [-0.2, -0.15) is 0 Å². The van der Waals surface area contributed by atoms with Gasteiger partial charge in [0, 0.05) is 13.6 Å². The Morgan fingerprint density at radius 3 is 2.70 bits per heavy atom. The van der Waals surface area contributed by atoms with Crippen LogP contribution in [0, 0.1) is 6.92 Å². The molecule has 2 rings (SSSR count). The summed E-state index contributed by atoms with van der Waals surface area (Å²) in [5, 5.41) is 9.20. The van der Waals surface area contributed by atoms with Gasteiger partial charge in [0.1, 0.15) is 11.3 Å². The van der Waals surface area contributed by atoms with Crippen LogP contribution in [0.15, 0.2) is 9.59 Å². The van der Waals surface area contributed by atoms with E-state index >= 15 is 0 Å². The minimum Gasteiger partial charge on any atom is -0.393 e. The first kappa shape index (κ1) is 14.5. The number of aryl methyl sites for hydroxylation is 2. The Labute approximate surface area is 115 Å². The van der Waals surface area contributed by atoms with Crippen molar-refractivity contribution in [2.45, 2.75) is 45.8 Å². The van der Waals surface area contributed by atoms with Crippen LogP contribution in [0.4, 0.5) is 0 Å². The second kappa shape index (κ2) is 5.62. The molecular formula is C13H20N4O3. The number of imidazole rings is 1. The first-order chi connectivity index (χ1) is 9.41. The predicted molar refractivity (Wildman–Crippen MR) is 75.9 cm³/mol. The SMILES string of the molecule is Cc1nc2c([nH]1)c(=O)n(CCCC[C@@H](C)O)c(=O)n2C. The number of fused-ring (bicyclic) bond motifs is 1. The highest BCUT2D eigenvalue weighted by Crippen LogP contribution is 2.04. The zero-order valence-electron chi connectivity index (χ0n) is 12.0. The third-order valence-electron chi connectivity index (χ3n) is 3.35. The van der Waals surface area contributed by atoms with Crippen molar-refractivity contribution in [2.24, 2.45) is 7.05 Å². The molecule has 0 saturated heterocycles. The number of nitrogens with one attached hydrogen (secondary N) is 1. The molecule has 110 valence electrons. The van der Waals surface area contributed by atoms with Crippen LogP contribution in [0.5, 0.6) is 0 Å². The average molecular weight is 280 g/mol. The van der Waals surface area contributed by atoms with Crippen LogP contribution in [-0.2, 0) is 13.6 Å². The maximum atomic E-state index is 12.3. The van der Waals surface area contributed by atoms with E-state index in [9.17, 15) is 14.7 Å². The molecule has 7 nitrogen and oxygen atoms in total. The summed E-state index contributed by atoms with van der Waals surface area (Å²) in [5.41, 5.74) is 0.0599. The normalized spacial score (nSPS) is 13.0. The van der Waals surface area contributed by atoms with Crippen LogP contribution in [0.1, 0.15) is 32.0 Å². The third kappa shape index (κ3) is 2.67. The molecule has 2 N–H and O–H groups in total.